The van der Waals surface area contributed by atoms with Crippen LogP contribution in [0.1, 0.15) is 24.3 Å². The van der Waals surface area contributed by atoms with Gasteiger partial charge in [-0.2, -0.15) is 10.1 Å². The maximum absolute atomic E-state index is 13.1. The molecule has 1 aromatic carbocycles. The van der Waals surface area contributed by atoms with Crippen molar-refractivity contribution in [2.24, 2.45) is 0 Å². The minimum atomic E-state index is -0.511. The highest BCUT2D eigenvalue weighted by molar-refractivity contribution is 6.31. The van der Waals surface area contributed by atoms with Crippen LogP contribution in [0.15, 0.2) is 58.6 Å². The van der Waals surface area contributed by atoms with Gasteiger partial charge >= 0.3 is 0 Å². The highest BCUT2D eigenvalue weighted by atomic mass is 35.5. The van der Waals surface area contributed by atoms with Crippen molar-refractivity contribution in [2.45, 2.75) is 19.9 Å². The number of nitrogens with zero attached hydrogens (tertiary/aromatic N) is 3. The van der Waals surface area contributed by atoms with Crippen LogP contribution in [0.2, 0.25) is 5.02 Å². The van der Waals surface area contributed by atoms with Gasteiger partial charge in [0.25, 0.3) is 5.91 Å². The van der Waals surface area contributed by atoms with Gasteiger partial charge in [0.1, 0.15) is 18.1 Å². The standard InChI is InChI=1S/C18H16ClN5O2/c1-10-5-6-12(19)8-13(10)23-17(25)15-11(2)22-18-20-9-21-24(18)16(15)14-4-3-7-26-14/h3-9,16H,1-2H3,(H,23,25)(H,20,21,22)/t16-/m0/s1. The number of carbonyl (C=O) groups is 1. The number of hydrogen-bond donors (Lipinski definition) is 2. The van der Waals surface area contributed by atoms with E-state index in [1.54, 1.807) is 29.1 Å². The van der Waals surface area contributed by atoms with E-state index in [9.17, 15) is 4.79 Å². The number of halogens is 1. The summed E-state index contributed by atoms with van der Waals surface area (Å²) in [6, 6.07) is 8.45. The third kappa shape index (κ3) is 2.76. The lowest BCUT2D eigenvalue weighted by Crippen LogP contribution is -2.31. The van der Waals surface area contributed by atoms with Crippen molar-refractivity contribution in [3.63, 3.8) is 0 Å². The maximum atomic E-state index is 13.1. The second-order valence-electron chi connectivity index (χ2n) is 6.02. The molecule has 0 saturated heterocycles. The van der Waals surface area contributed by atoms with Gasteiger partial charge in [0.2, 0.25) is 5.95 Å². The number of aryl methyl sites for hydroxylation is 1. The average Bonchev–Trinajstić information content (AvgIpc) is 3.28. The molecule has 132 valence electrons. The molecule has 0 spiro atoms. The number of amides is 1. The van der Waals surface area contributed by atoms with Crippen LogP contribution in [-0.4, -0.2) is 20.7 Å². The average molecular weight is 370 g/mol. The van der Waals surface area contributed by atoms with Crippen LogP contribution in [0.4, 0.5) is 11.6 Å². The van der Waals surface area contributed by atoms with Gasteiger partial charge in [-0.1, -0.05) is 17.7 Å². The number of furan rings is 1. The molecule has 2 aromatic heterocycles. The molecule has 26 heavy (non-hydrogen) atoms. The summed E-state index contributed by atoms with van der Waals surface area (Å²) < 4.78 is 7.20. The smallest absolute Gasteiger partial charge is 0.256 e. The Morgan fingerprint density at radius 2 is 2.19 bits per heavy atom. The van der Waals surface area contributed by atoms with Crippen LogP contribution >= 0.6 is 11.6 Å². The minimum absolute atomic E-state index is 0.261. The van der Waals surface area contributed by atoms with Gasteiger partial charge in [0.05, 0.1) is 11.8 Å². The fraction of sp³-hybridized carbons (Fsp3) is 0.167. The first-order valence-corrected chi connectivity index (χ1v) is 8.40. The Bertz CT molecular complexity index is 1010. The summed E-state index contributed by atoms with van der Waals surface area (Å²) in [5.41, 5.74) is 2.76. The SMILES string of the molecule is CC1=C(C(=O)Nc2cc(Cl)ccc2C)[C@H](c2ccco2)n2ncnc2N1. The van der Waals surface area contributed by atoms with Gasteiger partial charge in [-0.25, -0.2) is 4.68 Å². The van der Waals surface area contributed by atoms with Gasteiger partial charge in [-0.15, -0.1) is 0 Å². The number of allylic oxidation sites excluding steroid dienone is 1. The Balaban J connectivity index is 1.75. The molecule has 0 bridgehead atoms. The van der Waals surface area contributed by atoms with Crippen LogP contribution in [0, 0.1) is 6.92 Å². The van der Waals surface area contributed by atoms with E-state index in [0.29, 0.717) is 33.7 Å². The van der Waals surface area contributed by atoms with Crippen molar-refractivity contribution in [1.29, 1.82) is 0 Å². The molecule has 0 radical (unpaired) electrons. The molecule has 4 rings (SSSR count). The lowest BCUT2D eigenvalue weighted by atomic mass is 10.00. The molecule has 1 amide bonds. The lowest BCUT2D eigenvalue weighted by molar-refractivity contribution is -0.113. The normalized spacial score (nSPS) is 16.2. The van der Waals surface area contributed by atoms with Crippen LogP contribution in [0.3, 0.4) is 0 Å². The zero-order chi connectivity index (χ0) is 18.3. The molecule has 1 atom stereocenters. The van der Waals surface area contributed by atoms with Crippen LogP contribution in [0.5, 0.6) is 0 Å². The number of carbonyl (C=O) groups excluding carboxylic acids is 1. The predicted molar refractivity (Wildman–Crippen MR) is 98.0 cm³/mol. The van der Waals surface area contributed by atoms with Crippen LogP contribution in [0.25, 0.3) is 0 Å². The van der Waals surface area contributed by atoms with Gasteiger partial charge < -0.3 is 15.1 Å². The molecule has 3 aromatic rings. The van der Waals surface area contributed by atoms with Crippen molar-refractivity contribution in [3.05, 3.63) is 70.5 Å². The third-order valence-electron chi connectivity index (χ3n) is 4.30. The Labute approximate surface area is 154 Å². The van der Waals surface area contributed by atoms with E-state index in [-0.39, 0.29) is 5.91 Å². The monoisotopic (exact) mass is 369 g/mol. The number of hydrogen-bond acceptors (Lipinski definition) is 5. The largest absolute Gasteiger partial charge is 0.467 e. The molecule has 0 saturated carbocycles. The number of anilines is 2. The number of benzene rings is 1. The first-order chi connectivity index (χ1) is 12.5. The summed E-state index contributed by atoms with van der Waals surface area (Å²) in [7, 11) is 0. The first-order valence-electron chi connectivity index (χ1n) is 8.03. The zero-order valence-electron chi connectivity index (χ0n) is 14.2. The molecule has 8 heteroatoms. The van der Waals surface area contributed by atoms with Crippen LogP contribution < -0.4 is 10.6 Å². The number of nitrogens with one attached hydrogen (secondary N) is 2. The van der Waals surface area contributed by atoms with Gasteiger partial charge in [0.15, 0.2) is 0 Å². The van der Waals surface area contributed by atoms with Crippen molar-refractivity contribution in [3.8, 4) is 0 Å². The molecule has 3 heterocycles. The molecule has 0 unspecified atom stereocenters. The Hall–Kier alpha value is -3.06. The quantitative estimate of drug-likeness (QED) is 0.734. The predicted octanol–water partition coefficient (Wildman–Crippen LogP) is 3.76. The topological polar surface area (TPSA) is 85.0 Å². The van der Waals surface area contributed by atoms with Gasteiger partial charge in [0, 0.05) is 16.4 Å². The van der Waals surface area contributed by atoms with E-state index < -0.39 is 6.04 Å². The third-order valence-corrected chi connectivity index (χ3v) is 4.53. The summed E-state index contributed by atoms with van der Waals surface area (Å²) in [5.74, 6) is 0.896. The number of fused-ring (bicyclic) bond motifs is 1. The van der Waals surface area contributed by atoms with Crippen molar-refractivity contribution in [1.82, 2.24) is 14.8 Å². The van der Waals surface area contributed by atoms with E-state index in [1.807, 2.05) is 26.0 Å². The first kappa shape index (κ1) is 16.4. The molecule has 7 nitrogen and oxygen atoms in total. The Morgan fingerprint density at radius 1 is 1.35 bits per heavy atom. The van der Waals surface area contributed by atoms with Crippen molar-refractivity contribution < 1.29 is 9.21 Å². The molecule has 1 aliphatic heterocycles. The summed E-state index contributed by atoms with van der Waals surface area (Å²) in [4.78, 5) is 17.3. The highest BCUT2D eigenvalue weighted by Gasteiger charge is 2.35. The fourth-order valence-corrected chi connectivity index (χ4v) is 3.19. The minimum Gasteiger partial charge on any atom is -0.467 e. The second-order valence-corrected chi connectivity index (χ2v) is 6.46. The maximum Gasteiger partial charge on any atom is 0.256 e. The summed E-state index contributed by atoms with van der Waals surface area (Å²) in [5, 5.41) is 10.9. The lowest BCUT2D eigenvalue weighted by Gasteiger charge is -2.27. The zero-order valence-corrected chi connectivity index (χ0v) is 14.9. The molecular formula is C18H16ClN5O2. The molecule has 2 N–H and O–H groups in total. The van der Waals surface area contributed by atoms with E-state index in [4.69, 9.17) is 16.0 Å². The second kappa shape index (κ2) is 6.34. The van der Waals surface area contributed by atoms with E-state index in [1.165, 1.54) is 6.33 Å². The highest BCUT2D eigenvalue weighted by Crippen LogP contribution is 2.35. The molecular weight excluding hydrogens is 354 g/mol. The summed E-state index contributed by atoms with van der Waals surface area (Å²) in [6.07, 6.45) is 3.01. The van der Waals surface area contributed by atoms with E-state index in [2.05, 4.69) is 20.7 Å². The van der Waals surface area contributed by atoms with Gasteiger partial charge in [-0.3, -0.25) is 4.79 Å². The van der Waals surface area contributed by atoms with Crippen molar-refractivity contribution >= 4 is 29.1 Å². The van der Waals surface area contributed by atoms with E-state index in [0.717, 1.165) is 5.56 Å². The summed E-state index contributed by atoms with van der Waals surface area (Å²) in [6.45, 7) is 3.74. The Kier molecular flexibility index (Phi) is 4.00. The van der Waals surface area contributed by atoms with Gasteiger partial charge in [-0.05, 0) is 43.7 Å². The molecule has 0 aliphatic carbocycles. The number of aromatic nitrogens is 3. The summed E-state index contributed by atoms with van der Waals surface area (Å²) >= 11 is 6.06. The van der Waals surface area contributed by atoms with Crippen LogP contribution in [-0.2, 0) is 4.79 Å². The molecule has 0 fully saturated rings. The fourth-order valence-electron chi connectivity index (χ4n) is 3.01. The van der Waals surface area contributed by atoms with E-state index >= 15 is 0 Å². The molecule has 1 aliphatic rings. The Morgan fingerprint density at radius 3 is 2.96 bits per heavy atom. The van der Waals surface area contributed by atoms with Crippen molar-refractivity contribution in [2.75, 3.05) is 10.6 Å². The number of rotatable bonds is 3.